The number of nitro benzene ring substituents is 1. The molecule has 0 aliphatic heterocycles. The number of nitrogens with zero attached hydrogens (tertiary/aromatic N) is 1. The highest BCUT2D eigenvalue weighted by Crippen LogP contribution is 2.32. The van der Waals surface area contributed by atoms with E-state index < -0.39 is 22.0 Å². The molecule has 1 unspecified atom stereocenters. The number of carbonyl (C=O) groups is 2. The van der Waals surface area contributed by atoms with Gasteiger partial charge in [0.05, 0.1) is 9.82 Å². The SMILES string of the molecule is CC(Sc1cc(C(N)=O)ccc1[N+](=O)[O-])C(=O)O. The van der Waals surface area contributed by atoms with Gasteiger partial charge in [-0.1, -0.05) is 0 Å². The molecule has 1 atom stereocenters. The number of benzene rings is 1. The monoisotopic (exact) mass is 270 g/mol. The van der Waals surface area contributed by atoms with E-state index in [0.29, 0.717) is 0 Å². The molecule has 0 spiro atoms. The standard InChI is InChI=1S/C10H10N2O5S/c1-5(10(14)15)18-8-4-6(9(11)13)2-3-7(8)12(16)17/h2-5H,1H3,(H2,11,13)(H,14,15). The Morgan fingerprint density at radius 3 is 2.56 bits per heavy atom. The Balaban J connectivity index is 3.19. The number of thioether (sulfide) groups is 1. The van der Waals surface area contributed by atoms with Crippen molar-refractivity contribution < 1.29 is 19.6 Å². The minimum Gasteiger partial charge on any atom is -0.480 e. The van der Waals surface area contributed by atoms with Crippen molar-refractivity contribution in [2.45, 2.75) is 17.1 Å². The minimum atomic E-state index is -1.10. The predicted molar refractivity (Wildman–Crippen MR) is 64.6 cm³/mol. The van der Waals surface area contributed by atoms with E-state index >= 15 is 0 Å². The number of aliphatic carboxylic acids is 1. The van der Waals surface area contributed by atoms with Crippen molar-refractivity contribution in [3.8, 4) is 0 Å². The number of hydrogen-bond donors (Lipinski definition) is 2. The molecule has 1 amide bonds. The fourth-order valence-electron chi connectivity index (χ4n) is 1.15. The molecule has 0 aliphatic carbocycles. The summed E-state index contributed by atoms with van der Waals surface area (Å²) < 4.78 is 0. The first-order valence-electron chi connectivity index (χ1n) is 4.80. The van der Waals surface area contributed by atoms with E-state index in [0.717, 1.165) is 17.8 Å². The summed E-state index contributed by atoms with van der Waals surface area (Å²) in [5.41, 5.74) is 4.91. The van der Waals surface area contributed by atoms with Crippen LogP contribution in [0.25, 0.3) is 0 Å². The molecule has 0 radical (unpaired) electrons. The molecule has 8 heteroatoms. The van der Waals surface area contributed by atoms with E-state index in [1.54, 1.807) is 0 Å². The number of nitrogens with two attached hydrogens (primary N) is 1. The van der Waals surface area contributed by atoms with E-state index in [1.165, 1.54) is 19.1 Å². The van der Waals surface area contributed by atoms with Crippen LogP contribution in [0.3, 0.4) is 0 Å². The van der Waals surface area contributed by atoms with Gasteiger partial charge in [-0.25, -0.2) is 0 Å². The highest BCUT2D eigenvalue weighted by atomic mass is 32.2. The van der Waals surface area contributed by atoms with Crippen molar-refractivity contribution in [1.29, 1.82) is 0 Å². The summed E-state index contributed by atoms with van der Waals surface area (Å²) in [6.07, 6.45) is 0. The van der Waals surface area contributed by atoms with Gasteiger partial charge >= 0.3 is 5.97 Å². The van der Waals surface area contributed by atoms with Crippen LogP contribution >= 0.6 is 11.8 Å². The third-order valence-electron chi connectivity index (χ3n) is 2.09. The van der Waals surface area contributed by atoms with Gasteiger partial charge in [0.15, 0.2) is 0 Å². The van der Waals surface area contributed by atoms with Crippen LogP contribution in [-0.2, 0) is 4.79 Å². The van der Waals surface area contributed by atoms with E-state index in [2.05, 4.69) is 0 Å². The van der Waals surface area contributed by atoms with Gasteiger partial charge in [-0.05, 0) is 19.1 Å². The zero-order valence-corrected chi connectivity index (χ0v) is 10.1. The Morgan fingerprint density at radius 2 is 2.11 bits per heavy atom. The highest BCUT2D eigenvalue weighted by molar-refractivity contribution is 8.00. The Morgan fingerprint density at radius 1 is 1.50 bits per heavy atom. The average Bonchev–Trinajstić information content (AvgIpc) is 2.28. The number of amides is 1. The van der Waals surface area contributed by atoms with Gasteiger partial charge < -0.3 is 10.8 Å². The van der Waals surface area contributed by atoms with E-state index in [-0.39, 0.29) is 16.1 Å². The second kappa shape index (κ2) is 5.50. The van der Waals surface area contributed by atoms with Crippen LogP contribution < -0.4 is 5.73 Å². The lowest BCUT2D eigenvalue weighted by atomic mass is 10.2. The maximum atomic E-state index is 11.0. The maximum absolute atomic E-state index is 11.0. The maximum Gasteiger partial charge on any atom is 0.316 e. The Hall–Kier alpha value is -2.09. The van der Waals surface area contributed by atoms with Gasteiger partial charge in [0.1, 0.15) is 5.25 Å². The van der Waals surface area contributed by atoms with E-state index in [4.69, 9.17) is 10.8 Å². The van der Waals surface area contributed by atoms with Gasteiger partial charge in [-0.3, -0.25) is 19.7 Å². The molecule has 7 nitrogen and oxygen atoms in total. The minimum absolute atomic E-state index is 0.0979. The van der Waals surface area contributed by atoms with Crippen LogP contribution in [0, 0.1) is 10.1 Å². The Labute approximate surface area is 106 Å². The second-order valence-electron chi connectivity index (χ2n) is 3.40. The van der Waals surface area contributed by atoms with Crippen LogP contribution in [0.2, 0.25) is 0 Å². The molecule has 0 heterocycles. The molecule has 3 N–H and O–H groups in total. The van der Waals surface area contributed by atoms with Gasteiger partial charge in [0.25, 0.3) is 5.69 Å². The van der Waals surface area contributed by atoms with Gasteiger partial charge in [-0.15, -0.1) is 11.8 Å². The summed E-state index contributed by atoms with van der Waals surface area (Å²) in [5, 5.41) is 18.7. The first-order chi connectivity index (χ1) is 8.32. The number of carboxylic acids is 1. The molecule has 0 saturated heterocycles. The molecule has 1 rings (SSSR count). The summed E-state index contributed by atoms with van der Waals surface area (Å²) in [4.78, 5) is 32.0. The largest absolute Gasteiger partial charge is 0.480 e. The summed E-state index contributed by atoms with van der Waals surface area (Å²) in [5.74, 6) is -1.83. The summed E-state index contributed by atoms with van der Waals surface area (Å²) in [6, 6.07) is 3.59. The molecule has 96 valence electrons. The fraction of sp³-hybridized carbons (Fsp3) is 0.200. The topological polar surface area (TPSA) is 124 Å². The molecular formula is C10H10N2O5S. The summed E-state index contributed by atoms with van der Waals surface area (Å²) in [7, 11) is 0. The third-order valence-corrected chi connectivity index (χ3v) is 3.23. The Kier molecular flexibility index (Phi) is 4.27. The number of carboxylic acid groups (broad SMARTS) is 1. The molecule has 18 heavy (non-hydrogen) atoms. The number of nitro groups is 1. The fourth-order valence-corrected chi connectivity index (χ4v) is 2.09. The van der Waals surface area contributed by atoms with Crippen LogP contribution in [0.4, 0.5) is 5.69 Å². The molecule has 0 saturated carbocycles. The average molecular weight is 270 g/mol. The molecule has 0 aromatic heterocycles. The van der Waals surface area contributed by atoms with Crippen LogP contribution in [0.5, 0.6) is 0 Å². The predicted octanol–water partition coefficient (Wildman–Crippen LogP) is 1.26. The third kappa shape index (κ3) is 3.20. The Bertz CT molecular complexity index is 517. The second-order valence-corrected chi connectivity index (χ2v) is 4.78. The lowest BCUT2D eigenvalue weighted by molar-refractivity contribution is -0.387. The highest BCUT2D eigenvalue weighted by Gasteiger charge is 2.21. The molecule has 1 aromatic rings. The van der Waals surface area contributed by atoms with Crippen molar-refractivity contribution >= 4 is 29.3 Å². The molecular weight excluding hydrogens is 260 g/mol. The molecule has 1 aromatic carbocycles. The lowest BCUT2D eigenvalue weighted by Gasteiger charge is -2.07. The lowest BCUT2D eigenvalue weighted by Crippen LogP contribution is -2.13. The number of rotatable bonds is 5. The molecule has 0 aliphatic rings. The van der Waals surface area contributed by atoms with Crippen molar-refractivity contribution in [3.63, 3.8) is 0 Å². The zero-order valence-electron chi connectivity index (χ0n) is 9.32. The number of hydrogen-bond acceptors (Lipinski definition) is 5. The first kappa shape index (κ1) is 14.0. The molecule has 0 bridgehead atoms. The normalized spacial score (nSPS) is 11.8. The van der Waals surface area contributed by atoms with E-state index in [9.17, 15) is 19.7 Å². The van der Waals surface area contributed by atoms with Crippen LogP contribution in [-0.4, -0.2) is 27.2 Å². The van der Waals surface area contributed by atoms with Crippen molar-refractivity contribution in [1.82, 2.24) is 0 Å². The number of primary amides is 1. The van der Waals surface area contributed by atoms with Crippen LogP contribution in [0.15, 0.2) is 23.1 Å². The molecule has 0 fully saturated rings. The van der Waals surface area contributed by atoms with Gasteiger partial charge in [0.2, 0.25) is 5.91 Å². The quantitative estimate of drug-likeness (QED) is 0.471. The first-order valence-corrected chi connectivity index (χ1v) is 5.68. The zero-order chi connectivity index (χ0) is 13.9. The van der Waals surface area contributed by atoms with E-state index in [1.807, 2.05) is 0 Å². The smallest absolute Gasteiger partial charge is 0.316 e. The number of carbonyl (C=O) groups excluding carboxylic acids is 1. The van der Waals surface area contributed by atoms with Crippen molar-refractivity contribution in [2.24, 2.45) is 5.73 Å². The summed E-state index contributed by atoms with van der Waals surface area (Å²) in [6.45, 7) is 1.40. The van der Waals surface area contributed by atoms with Crippen molar-refractivity contribution in [2.75, 3.05) is 0 Å². The van der Waals surface area contributed by atoms with Gasteiger partial charge in [-0.2, -0.15) is 0 Å². The van der Waals surface area contributed by atoms with Gasteiger partial charge in [0, 0.05) is 11.6 Å². The van der Waals surface area contributed by atoms with Crippen molar-refractivity contribution in [3.05, 3.63) is 33.9 Å². The van der Waals surface area contributed by atoms with Crippen LogP contribution in [0.1, 0.15) is 17.3 Å². The summed E-state index contributed by atoms with van der Waals surface area (Å²) >= 11 is 0.789.